The number of ether oxygens (including phenoxy) is 2. The number of halogens is 2. The van der Waals surface area contributed by atoms with Crippen molar-refractivity contribution in [2.24, 2.45) is 0 Å². The van der Waals surface area contributed by atoms with E-state index in [0.29, 0.717) is 23.1 Å². The van der Waals surface area contributed by atoms with Gasteiger partial charge >= 0.3 is 6.61 Å². The number of rotatable bonds is 9. The molecule has 9 nitrogen and oxygen atoms in total. The Labute approximate surface area is 170 Å². The number of hydrogen-bond donors (Lipinski definition) is 1. The van der Waals surface area contributed by atoms with Gasteiger partial charge in [-0.05, 0) is 48.4 Å². The van der Waals surface area contributed by atoms with Crippen molar-refractivity contribution >= 4 is 17.1 Å². The Balaban J connectivity index is 1.54. The van der Waals surface area contributed by atoms with Gasteiger partial charge in [-0.25, -0.2) is 4.98 Å². The number of methoxy groups -OCH3 is 1. The summed E-state index contributed by atoms with van der Waals surface area (Å²) in [5.41, 5.74) is 1.68. The van der Waals surface area contributed by atoms with Gasteiger partial charge < -0.3 is 19.6 Å². The lowest BCUT2D eigenvalue weighted by Crippen LogP contribution is -2.25. The van der Waals surface area contributed by atoms with Crippen LogP contribution in [-0.2, 0) is 11.2 Å². The van der Waals surface area contributed by atoms with Crippen LogP contribution in [0.1, 0.15) is 12.5 Å². The van der Waals surface area contributed by atoms with Gasteiger partial charge in [0.1, 0.15) is 11.3 Å². The summed E-state index contributed by atoms with van der Waals surface area (Å²) < 4.78 is 34.4. The number of fused-ring (bicyclic) bond motifs is 1. The first-order chi connectivity index (χ1) is 14.5. The minimum absolute atomic E-state index is 0.0610. The van der Waals surface area contributed by atoms with Crippen molar-refractivity contribution in [2.75, 3.05) is 13.7 Å². The van der Waals surface area contributed by atoms with Crippen LogP contribution in [0.3, 0.4) is 0 Å². The average molecular weight is 419 g/mol. The van der Waals surface area contributed by atoms with Gasteiger partial charge in [0.2, 0.25) is 11.6 Å². The monoisotopic (exact) mass is 419 g/mol. The van der Waals surface area contributed by atoms with Crippen LogP contribution in [0.5, 0.6) is 11.5 Å². The highest BCUT2D eigenvalue weighted by molar-refractivity contribution is 5.87. The molecule has 1 amide bonds. The third-order valence-electron chi connectivity index (χ3n) is 3.90. The van der Waals surface area contributed by atoms with E-state index in [4.69, 9.17) is 9.57 Å². The molecule has 2 heterocycles. The maximum Gasteiger partial charge on any atom is 0.387 e. The van der Waals surface area contributed by atoms with E-state index in [2.05, 4.69) is 25.3 Å². The van der Waals surface area contributed by atoms with Crippen LogP contribution in [0.25, 0.3) is 11.2 Å². The Morgan fingerprint density at radius 3 is 2.90 bits per heavy atom. The smallest absolute Gasteiger partial charge is 0.387 e. The molecule has 1 aromatic carbocycles. The largest absolute Gasteiger partial charge is 0.493 e. The summed E-state index contributed by atoms with van der Waals surface area (Å²) in [4.78, 5) is 22.8. The molecule has 0 spiro atoms. The van der Waals surface area contributed by atoms with E-state index in [-0.39, 0.29) is 29.7 Å². The minimum atomic E-state index is -2.96. The van der Waals surface area contributed by atoms with Gasteiger partial charge in [0.15, 0.2) is 11.5 Å². The van der Waals surface area contributed by atoms with Gasteiger partial charge in [-0.15, -0.1) is 5.10 Å². The zero-order valence-corrected chi connectivity index (χ0v) is 16.2. The second kappa shape index (κ2) is 9.63. The summed E-state index contributed by atoms with van der Waals surface area (Å²) in [5.74, 6) is 0.0347. The predicted octanol–water partition coefficient (Wildman–Crippen LogP) is 2.13. The molecule has 0 atom stereocenters. The van der Waals surface area contributed by atoms with Crippen LogP contribution in [0.2, 0.25) is 0 Å². The summed E-state index contributed by atoms with van der Waals surface area (Å²) in [6.07, 6.45) is 3.24. The van der Waals surface area contributed by atoms with E-state index in [1.165, 1.54) is 25.3 Å². The highest BCUT2D eigenvalue weighted by Gasteiger charge is 2.12. The number of carbonyl (C=O) groups excluding carboxylic acids is 1. The molecule has 11 heteroatoms. The van der Waals surface area contributed by atoms with Crippen molar-refractivity contribution in [1.82, 2.24) is 25.5 Å². The molecular weight excluding hydrogens is 400 g/mol. The fourth-order valence-corrected chi connectivity index (χ4v) is 2.60. The van der Waals surface area contributed by atoms with Crippen LogP contribution in [0, 0.1) is 0 Å². The number of nitrogens with one attached hydrogen (secondary N) is 1. The second-order valence-corrected chi connectivity index (χ2v) is 6.06. The summed E-state index contributed by atoms with van der Waals surface area (Å²) in [7, 11) is 1.36. The van der Waals surface area contributed by atoms with Gasteiger partial charge in [0.05, 0.1) is 7.11 Å². The molecule has 0 unspecified atom stereocenters. The number of hydrogen-bond acceptors (Lipinski definition) is 7. The zero-order valence-electron chi connectivity index (χ0n) is 16.2. The molecule has 1 N–H and O–H groups in total. The lowest BCUT2D eigenvalue weighted by atomic mass is 10.1. The molecule has 30 heavy (non-hydrogen) atoms. The van der Waals surface area contributed by atoms with Gasteiger partial charge in [-0.2, -0.15) is 8.78 Å². The molecule has 3 rings (SSSR count). The highest BCUT2D eigenvalue weighted by Crippen LogP contribution is 2.29. The van der Waals surface area contributed by atoms with E-state index in [0.717, 1.165) is 4.85 Å². The van der Waals surface area contributed by atoms with Crippen LogP contribution in [0.15, 0.2) is 48.4 Å². The Morgan fingerprint density at radius 2 is 2.13 bits per heavy atom. The first-order valence-electron chi connectivity index (χ1n) is 8.89. The molecule has 0 saturated heterocycles. The third-order valence-corrected chi connectivity index (χ3v) is 3.90. The highest BCUT2D eigenvalue weighted by atomic mass is 19.3. The number of allylic oxidation sites excluding steroid dienone is 1. The molecular formula is C19H19F2N5O4. The number of pyridine rings is 1. The van der Waals surface area contributed by atoms with Gasteiger partial charge in [-0.3, -0.25) is 4.79 Å². The Bertz CT molecular complexity index is 1050. The van der Waals surface area contributed by atoms with Crippen molar-refractivity contribution in [3.05, 3.63) is 53.9 Å². The Morgan fingerprint density at radius 1 is 1.30 bits per heavy atom. The molecule has 3 aromatic rings. The fraction of sp³-hybridized carbons (Fsp3) is 0.263. The molecule has 0 radical (unpaired) electrons. The second-order valence-electron chi connectivity index (χ2n) is 6.06. The lowest BCUT2D eigenvalue weighted by Gasteiger charge is -2.11. The molecule has 158 valence electrons. The van der Waals surface area contributed by atoms with E-state index in [1.54, 1.807) is 31.3 Å². The van der Waals surface area contributed by atoms with Crippen LogP contribution >= 0.6 is 0 Å². The summed E-state index contributed by atoms with van der Waals surface area (Å²) in [6, 6.07) is 8.14. The molecule has 0 aliphatic heterocycles. The van der Waals surface area contributed by atoms with Crippen molar-refractivity contribution < 1.29 is 27.9 Å². The zero-order chi connectivity index (χ0) is 21.5. The van der Waals surface area contributed by atoms with Crippen molar-refractivity contribution in [2.45, 2.75) is 20.0 Å². The molecule has 0 bridgehead atoms. The molecule has 2 aromatic heterocycles. The normalized spacial score (nSPS) is 11.6. The summed E-state index contributed by atoms with van der Waals surface area (Å²) in [6.45, 7) is -1.09. The topological polar surface area (TPSA) is 100 Å². The average Bonchev–Trinajstić information content (AvgIpc) is 3.10. The van der Waals surface area contributed by atoms with Crippen molar-refractivity contribution in [3.63, 3.8) is 0 Å². The molecule has 0 aliphatic carbocycles. The molecule has 0 aliphatic rings. The maximum atomic E-state index is 12.5. The van der Waals surface area contributed by atoms with Gasteiger partial charge in [0, 0.05) is 18.8 Å². The summed E-state index contributed by atoms with van der Waals surface area (Å²) in [5, 5.41) is 10.4. The molecule has 0 saturated carbocycles. The first kappa shape index (κ1) is 21.0. The number of nitrogens with zero attached hydrogens (tertiary/aromatic N) is 4. The minimum Gasteiger partial charge on any atom is -0.493 e. The maximum absolute atomic E-state index is 12.5. The number of amides is 1. The van der Waals surface area contributed by atoms with E-state index in [1.807, 2.05) is 0 Å². The van der Waals surface area contributed by atoms with Crippen molar-refractivity contribution in [3.8, 4) is 11.5 Å². The van der Waals surface area contributed by atoms with Crippen LogP contribution < -0.4 is 19.6 Å². The fourth-order valence-electron chi connectivity index (χ4n) is 2.60. The van der Waals surface area contributed by atoms with E-state index in [9.17, 15) is 13.6 Å². The van der Waals surface area contributed by atoms with E-state index < -0.39 is 6.61 Å². The lowest BCUT2D eigenvalue weighted by molar-refractivity contribution is -0.116. The first-order valence-corrected chi connectivity index (χ1v) is 8.89. The summed E-state index contributed by atoms with van der Waals surface area (Å²) >= 11 is 0. The number of carbonyl (C=O) groups is 1. The van der Waals surface area contributed by atoms with Gasteiger partial charge in [0.25, 0.3) is 0 Å². The van der Waals surface area contributed by atoms with Crippen LogP contribution in [-0.4, -0.2) is 46.3 Å². The number of alkyl halides is 2. The quantitative estimate of drug-likeness (QED) is 0.419. The standard InChI is InChI=1S/C19H19F2N5O4/c1-12(30-26-18-14(24-25-26)4-3-8-23-18)10-17(27)22-9-7-13-5-6-15(28-2)16(11-13)29-19(20)21/h3-6,8,10-11,19H,7,9H2,1-2H3,(H,22,27)/b12-10+. The number of aromatic nitrogens is 4. The van der Waals surface area contributed by atoms with Crippen molar-refractivity contribution in [1.29, 1.82) is 0 Å². The third kappa shape index (κ3) is 5.40. The predicted molar refractivity (Wildman–Crippen MR) is 102 cm³/mol. The SMILES string of the molecule is COc1ccc(CCNC(=O)/C=C(\C)On2nnc3cccnc32)cc1OC(F)F. The van der Waals surface area contributed by atoms with Crippen LogP contribution in [0.4, 0.5) is 8.78 Å². The number of benzene rings is 1. The Hall–Kier alpha value is -3.76. The van der Waals surface area contributed by atoms with E-state index >= 15 is 0 Å². The molecule has 0 fully saturated rings. The van der Waals surface area contributed by atoms with Gasteiger partial charge in [-0.1, -0.05) is 10.9 Å². The Kier molecular flexibility index (Phi) is 6.73.